The number of aliphatic imine (C=N–C) groups is 1. The fourth-order valence-corrected chi connectivity index (χ4v) is 2.77. The molecule has 0 saturated carbocycles. The molecule has 1 aromatic carbocycles. The van der Waals surface area contributed by atoms with E-state index in [1.807, 2.05) is 44.2 Å². The second kappa shape index (κ2) is 8.51. The highest BCUT2D eigenvalue weighted by atomic mass is 16.1. The van der Waals surface area contributed by atoms with Crippen molar-refractivity contribution in [2.45, 2.75) is 59.4 Å². The van der Waals surface area contributed by atoms with E-state index in [0.29, 0.717) is 0 Å². The van der Waals surface area contributed by atoms with Gasteiger partial charge in [-0.05, 0) is 31.9 Å². The Hall–Kier alpha value is -2.10. The Morgan fingerprint density at radius 3 is 2.52 bits per heavy atom. The number of rotatable bonds is 8. The van der Waals surface area contributed by atoms with Gasteiger partial charge in [0.05, 0.1) is 17.0 Å². The number of benzene rings is 1. The fourth-order valence-electron chi connectivity index (χ4n) is 2.77. The molecular weight excluding hydrogens is 286 g/mol. The molecule has 4 nitrogen and oxygen atoms in total. The molecule has 0 atom stereocenters. The minimum absolute atomic E-state index is 0.0514. The van der Waals surface area contributed by atoms with E-state index >= 15 is 0 Å². The molecule has 2 aromatic rings. The number of hydrogen-bond acceptors (Lipinski definition) is 2. The Kier molecular flexibility index (Phi) is 6.39. The lowest BCUT2D eigenvalue weighted by Crippen LogP contribution is -2.22. The predicted molar refractivity (Wildman–Crippen MR) is 96.9 cm³/mol. The third kappa shape index (κ3) is 4.44. The van der Waals surface area contributed by atoms with E-state index < -0.39 is 0 Å². The quantitative estimate of drug-likeness (QED) is 0.562. The molecule has 23 heavy (non-hydrogen) atoms. The molecule has 0 radical (unpaired) electrons. The van der Waals surface area contributed by atoms with Crippen LogP contribution in [0.25, 0.3) is 0 Å². The summed E-state index contributed by atoms with van der Waals surface area (Å²) in [4.78, 5) is 17.4. The molecular formula is C19H27N3O. The first-order valence-corrected chi connectivity index (χ1v) is 8.59. The van der Waals surface area contributed by atoms with Crippen LogP contribution in [0.4, 0.5) is 5.69 Å². The standard InChI is InChI=1S/C19H27N3O/c1-4-6-7-11-14-22-19(23)18(15(3)21-22)17(5-2)20-16-12-9-8-10-13-16/h8-10,12-13,21H,4-7,11,14H2,1-3H3. The SMILES string of the molecule is CCCCCCn1[nH]c(C)c(C(CC)=Nc2ccccc2)c1=O. The lowest BCUT2D eigenvalue weighted by atomic mass is 10.1. The lowest BCUT2D eigenvalue weighted by Gasteiger charge is -2.02. The van der Waals surface area contributed by atoms with Crippen molar-refractivity contribution in [3.63, 3.8) is 0 Å². The lowest BCUT2D eigenvalue weighted by molar-refractivity contribution is 0.528. The summed E-state index contributed by atoms with van der Waals surface area (Å²) in [5.41, 5.74) is 3.42. The zero-order chi connectivity index (χ0) is 16.7. The molecule has 2 rings (SSSR count). The molecule has 0 fully saturated rings. The van der Waals surface area contributed by atoms with Gasteiger partial charge in [-0.25, -0.2) is 0 Å². The summed E-state index contributed by atoms with van der Waals surface area (Å²) in [6.45, 7) is 6.94. The summed E-state index contributed by atoms with van der Waals surface area (Å²) in [7, 11) is 0. The Morgan fingerprint density at radius 1 is 1.13 bits per heavy atom. The van der Waals surface area contributed by atoms with Gasteiger partial charge in [-0.1, -0.05) is 51.3 Å². The summed E-state index contributed by atoms with van der Waals surface area (Å²) in [5.74, 6) is 0. The zero-order valence-electron chi connectivity index (χ0n) is 14.4. The van der Waals surface area contributed by atoms with Crippen molar-refractivity contribution in [2.24, 2.45) is 4.99 Å². The molecule has 0 aliphatic heterocycles. The van der Waals surface area contributed by atoms with Crippen LogP contribution >= 0.6 is 0 Å². The molecule has 1 aromatic heterocycles. The summed E-state index contributed by atoms with van der Waals surface area (Å²) in [5, 5.41) is 3.21. The van der Waals surface area contributed by atoms with Crippen molar-refractivity contribution in [1.29, 1.82) is 0 Å². The van der Waals surface area contributed by atoms with Gasteiger partial charge in [-0.15, -0.1) is 0 Å². The summed E-state index contributed by atoms with van der Waals surface area (Å²) in [6, 6.07) is 9.81. The smallest absolute Gasteiger partial charge is 0.275 e. The number of aromatic amines is 1. The maximum atomic E-state index is 12.7. The third-order valence-corrected chi connectivity index (χ3v) is 4.02. The second-order valence-electron chi connectivity index (χ2n) is 5.88. The number of aryl methyl sites for hydroxylation is 2. The second-order valence-corrected chi connectivity index (χ2v) is 5.88. The monoisotopic (exact) mass is 313 g/mol. The highest BCUT2D eigenvalue weighted by molar-refractivity contribution is 6.02. The maximum Gasteiger partial charge on any atom is 0.275 e. The van der Waals surface area contributed by atoms with Crippen molar-refractivity contribution in [2.75, 3.05) is 0 Å². The Bertz CT molecular complexity index is 695. The first-order valence-electron chi connectivity index (χ1n) is 8.59. The largest absolute Gasteiger partial charge is 0.299 e. The van der Waals surface area contributed by atoms with Gasteiger partial charge in [0.15, 0.2) is 0 Å². The van der Waals surface area contributed by atoms with E-state index in [-0.39, 0.29) is 5.56 Å². The van der Waals surface area contributed by atoms with Crippen molar-refractivity contribution in [1.82, 2.24) is 9.78 Å². The van der Waals surface area contributed by atoms with E-state index in [1.54, 1.807) is 4.68 Å². The highest BCUT2D eigenvalue weighted by Crippen LogP contribution is 2.15. The summed E-state index contributed by atoms with van der Waals surface area (Å²) >= 11 is 0. The third-order valence-electron chi connectivity index (χ3n) is 4.02. The number of unbranched alkanes of at least 4 members (excludes halogenated alkanes) is 3. The van der Waals surface area contributed by atoms with Gasteiger partial charge in [-0.3, -0.25) is 19.6 Å². The Balaban J connectivity index is 2.26. The van der Waals surface area contributed by atoms with Crippen molar-refractivity contribution < 1.29 is 0 Å². The summed E-state index contributed by atoms with van der Waals surface area (Å²) in [6.07, 6.45) is 5.35. The number of para-hydroxylation sites is 1. The topological polar surface area (TPSA) is 50.1 Å². The number of aromatic nitrogens is 2. The number of nitrogens with zero attached hydrogens (tertiary/aromatic N) is 2. The number of nitrogens with one attached hydrogen (secondary N) is 1. The van der Waals surface area contributed by atoms with Gasteiger partial charge in [0.2, 0.25) is 0 Å². The zero-order valence-corrected chi connectivity index (χ0v) is 14.4. The average molecular weight is 313 g/mol. The van der Waals surface area contributed by atoms with Crippen LogP contribution < -0.4 is 5.56 Å². The molecule has 1 N–H and O–H groups in total. The van der Waals surface area contributed by atoms with Crippen LogP contribution in [0.15, 0.2) is 40.1 Å². The van der Waals surface area contributed by atoms with Crippen molar-refractivity contribution in [3.05, 3.63) is 51.9 Å². The van der Waals surface area contributed by atoms with E-state index in [4.69, 9.17) is 0 Å². The normalized spacial score (nSPS) is 11.9. The molecule has 124 valence electrons. The molecule has 1 heterocycles. The van der Waals surface area contributed by atoms with E-state index in [0.717, 1.165) is 48.5 Å². The van der Waals surface area contributed by atoms with Crippen LogP contribution in [0.2, 0.25) is 0 Å². The first-order chi connectivity index (χ1) is 11.2. The molecule has 4 heteroatoms. The van der Waals surface area contributed by atoms with Gasteiger partial charge in [0, 0.05) is 12.2 Å². The van der Waals surface area contributed by atoms with Crippen LogP contribution in [0.1, 0.15) is 57.2 Å². The number of hydrogen-bond donors (Lipinski definition) is 1. The molecule has 0 aliphatic carbocycles. The van der Waals surface area contributed by atoms with E-state index in [1.165, 1.54) is 12.8 Å². The average Bonchev–Trinajstić information content (AvgIpc) is 2.84. The molecule has 0 saturated heterocycles. The minimum Gasteiger partial charge on any atom is -0.299 e. The van der Waals surface area contributed by atoms with Gasteiger partial charge in [0.1, 0.15) is 0 Å². The van der Waals surface area contributed by atoms with E-state index in [2.05, 4.69) is 17.0 Å². The Morgan fingerprint density at radius 2 is 1.87 bits per heavy atom. The van der Waals surface area contributed by atoms with Gasteiger partial charge in [-0.2, -0.15) is 0 Å². The van der Waals surface area contributed by atoms with Crippen molar-refractivity contribution in [3.8, 4) is 0 Å². The van der Waals surface area contributed by atoms with Crippen LogP contribution in [-0.4, -0.2) is 15.5 Å². The molecule has 0 unspecified atom stereocenters. The fraction of sp³-hybridized carbons (Fsp3) is 0.474. The molecule has 0 bridgehead atoms. The Labute approximate surface area is 138 Å². The van der Waals surface area contributed by atoms with Crippen LogP contribution in [0.5, 0.6) is 0 Å². The van der Waals surface area contributed by atoms with Gasteiger partial charge < -0.3 is 0 Å². The predicted octanol–water partition coefficient (Wildman–Crippen LogP) is 4.60. The number of H-pyrrole nitrogens is 1. The van der Waals surface area contributed by atoms with E-state index in [9.17, 15) is 4.79 Å². The van der Waals surface area contributed by atoms with Crippen LogP contribution in [-0.2, 0) is 6.54 Å². The summed E-state index contributed by atoms with van der Waals surface area (Å²) < 4.78 is 1.73. The molecule has 0 aliphatic rings. The van der Waals surface area contributed by atoms with Gasteiger partial charge >= 0.3 is 0 Å². The minimum atomic E-state index is 0.0514. The molecule has 0 amide bonds. The highest BCUT2D eigenvalue weighted by Gasteiger charge is 2.15. The van der Waals surface area contributed by atoms with Crippen LogP contribution in [0, 0.1) is 6.92 Å². The van der Waals surface area contributed by atoms with Crippen LogP contribution in [0.3, 0.4) is 0 Å². The van der Waals surface area contributed by atoms with Crippen molar-refractivity contribution >= 4 is 11.4 Å². The maximum absolute atomic E-state index is 12.7. The molecule has 0 spiro atoms. The van der Waals surface area contributed by atoms with Gasteiger partial charge in [0.25, 0.3) is 5.56 Å². The first kappa shape index (κ1) is 17.3.